The summed E-state index contributed by atoms with van der Waals surface area (Å²) >= 11 is 0. The van der Waals surface area contributed by atoms with Gasteiger partial charge < -0.3 is 16.0 Å². The molecule has 0 unspecified atom stereocenters. The molecule has 3 rings (SSSR count). The predicted octanol–water partition coefficient (Wildman–Crippen LogP) is 1.66. The SMILES string of the molecule is CNC(=O)c1cccc2[nH]c3nc(N)ccc3c12. The third-order valence-electron chi connectivity index (χ3n) is 2.98. The average molecular weight is 240 g/mol. The smallest absolute Gasteiger partial charge is 0.251 e. The van der Waals surface area contributed by atoms with Crippen LogP contribution in [0.2, 0.25) is 0 Å². The number of aromatic amines is 1. The molecule has 1 amide bonds. The number of fused-ring (bicyclic) bond motifs is 3. The Labute approximate surface area is 103 Å². The second kappa shape index (κ2) is 3.73. The molecule has 5 heteroatoms. The molecule has 0 saturated heterocycles. The van der Waals surface area contributed by atoms with Gasteiger partial charge in [0.1, 0.15) is 11.5 Å². The van der Waals surface area contributed by atoms with Crippen molar-refractivity contribution in [1.29, 1.82) is 0 Å². The second-order valence-electron chi connectivity index (χ2n) is 4.06. The highest BCUT2D eigenvalue weighted by Gasteiger charge is 2.13. The Balaban J connectivity index is 2.45. The van der Waals surface area contributed by atoms with Gasteiger partial charge in [0.2, 0.25) is 0 Å². The van der Waals surface area contributed by atoms with Gasteiger partial charge in [-0.3, -0.25) is 4.79 Å². The Kier molecular flexibility index (Phi) is 2.19. The standard InChI is InChI=1S/C13H12N4O/c1-15-13(18)8-3-2-4-9-11(8)7-5-6-10(14)17-12(7)16-9/h2-6H,1H3,(H,15,18)(H3,14,16,17). The molecule has 4 N–H and O–H groups in total. The van der Waals surface area contributed by atoms with E-state index in [1.54, 1.807) is 19.2 Å². The molecule has 0 saturated carbocycles. The number of aromatic nitrogens is 2. The van der Waals surface area contributed by atoms with Gasteiger partial charge in [0, 0.05) is 28.9 Å². The number of H-pyrrole nitrogens is 1. The summed E-state index contributed by atoms with van der Waals surface area (Å²) in [4.78, 5) is 19.3. The van der Waals surface area contributed by atoms with E-state index in [0.29, 0.717) is 17.0 Å². The third kappa shape index (κ3) is 1.41. The fraction of sp³-hybridized carbons (Fsp3) is 0.0769. The van der Waals surface area contributed by atoms with Crippen molar-refractivity contribution in [2.24, 2.45) is 0 Å². The van der Waals surface area contributed by atoms with Crippen molar-refractivity contribution in [1.82, 2.24) is 15.3 Å². The van der Waals surface area contributed by atoms with Gasteiger partial charge in [0.25, 0.3) is 5.91 Å². The normalized spacial score (nSPS) is 10.9. The van der Waals surface area contributed by atoms with Crippen molar-refractivity contribution in [2.75, 3.05) is 12.8 Å². The van der Waals surface area contributed by atoms with Crippen LogP contribution >= 0.6 is 0 Å². The topological polar surface area (TPSA) is 83.8 Å². The van der Waals surface area contributed by atoms with Crippen molar-refractivity contribution < 1.29 is 4.79 Å². The molecular formula is C13H12N4O. The molecule has 0 aliphatic rings. The van der Waals surface area contributed by atoms with Crippen LogP contribution in [0, 0.1) is 0 Å². The molecule has 5 nitrogen and oxygen atoms in total. The van der Waals surface area contributed by atoms with Crippen LogP contribution in [0.1, 0.15) is 10.4 Å². The van der Waals surface area contributed by atoms with Gasteiger partial charge in [-0.25, -0.2) is 4.98 Å². The van der Waals surface area contributed by atoms with Gasteiger partial charge in [0.15, 0.2) is 0 Å². The monoisotopic (exact) mass is 240 g/mol. The summed E-state index contributed by atoms with van der Waals surface area (Å²) in [6, 6.07) is 9.16. The Bertz CT molecular complexity index is 760. The van der Waals surface area contributed by atoms with Crippen LogP contribution in [-0.2, 0) is 0 Å². The summed E-state index contributed by atoms with van der Waals surface area (Å²) in [5.74, 6) is 0.342. The van der Waals surface area contributed by atoms with Crippen LogP contribution in [0.3, 0.4) is 0 Å². The number of nitrogens with one attached hydrogen (secondary N) is 2. The number of pyridine rings is 1. The number of anilines is 1. The minimum atomic E-state index is -0.113. The van der Waals surface area contributed by atoms with E-state index < -0.39 is 0 Å². The van der Waals surface area contributed by atoms with E-state index in [4.69, 9.17) is 5.73 Å². The molecule has 0 aliphatic heterocycles. The molecule has 1 aromatic carbocycles. The van der Waals surface area contributed by atoms with Crippen LogP contribution in [0.25, 0.3) is 21.9 Å². The number of nitrogens with two attached hydrogens (primary N) is 1. The summed E-state index contributed by atoms with van der Waals surface area (Å²) in [6.45, 7) is 0. The maximum absolute atomic E-state index is 11.9. The summed E-state index contributed by atoms with van der Waals surface area (Å²) in [5, 5.41) is 4.42. The van der Waals surface area contributed by atoms with Crippen molar-refractivity contribution in [3.05, 3.63) is 35.9 Å². The molecule has 90 valence electrons. The minimum Gasteiger partial charge on any atom is -0.384 e. The van der Waals surface area contributed by atoms with Gasteiger partial charge in [-0.1, -0.05) is 6.07 Å². The number of nitrogens with zero attached hydrogens (tertiary/aromatic N) is 1. The number of carbonyl (C=O) groups is 1. The van der Waals surface area contributed by atoms with Crippen LogP contribution in [0.15, 0.2) is 30.3 Å². The van der Waals surface area contributed by atoms with E-state index in [9.17, 15) is 4.79 Å². The van der Waals surface area contributed by atoms with Crippen LogP contribution in [-0.4, -0.2) is 22.9 Å². The number of nitrogen functional groups attached to an aromatic ring is 1. The molecule has 0 radical (unpaired) electrons. The van der Waals surface area contributed by atoms with E-state index >= 15 is 0 Å². The quantitative estimate of drug-likeness (QED) is 0.604. The molecule has 2 heterocycles. The van der Waals surface area contributed by atoms with E-state index in [2.05, 4.69) is 15.3 Å². The minimum absolute atomic E-state index is 0.113. The zero-order valence-corrected chi connectivity index (χ0v) is 9.82. The zero-order valence-electron chi connectivity index (χ0n) is 9.82. The number of carbonyl (C=O) groups excluding carboxylic acids is 1. The van der Waals surface area contributed by atoms with E-state index in [-0.39, 0.29) is 5.91 Å². The van der Waals surface area contributed by atoms with Gasteiger partial charge >= 0.3 is 0 Å². The molecule has 0 fully saturated rings. The van der Waals surface area contributed by atoms with E-state index in [1.807, 2.05) is 18.2 Å². The van der Waals surface area contributed by atoms with Crippen molar-refractivity contribution in [3.63, 3.8) is 0 Å². The number of hydrogen-bond acceptors (Lipinski definition) is 3. The lowest BCUT2D eigenvalue weighted by Gasteiger charge is -2.01. The second-order valence-corrected chi connectivity index (χ2v) is 4.06. The highest BCUT2D eigenvalue weighted by molar-refractivity contribution is 6.17. The molecule has 0 aliphatic carbocycles. The summed E-state index contributed by atoms with van der Waals surface area (Å²) in [5.41, 5.74) is 7.87. The first-order valence-corrected chi connectivity index (χ1v) is 5.59. The molecule has 18 heavy (non-hydrogen) atoms. The Morgan fingerprint density at radius 3 is 2.94 bits per heavy atom. The molecule has 0 spiro atoms. The molecule has 3 aromatic rings. The lowest BCUT2D eigenvalue weighted by Crippen LogP contribution is -2.17. The maximum Gasteiger partial charge on any atom is 0.251 e. The van der Waals surface area contributed by atoms with Gasteiger partial charge in [-0.05, 0) is 24.3 Å². The van der Waals surface area contributed by atoms with Crippen LogP contribution < -0.4 is 11.1 Å². The van der Waals surface area contributed by atoms with Crippen LogP contribution in [0.5, 0.6) is 0 Å². The number of benzene rings is 1. The molecular weight excluding hydrogens is 228 g/mol. The first kappa shape index (κ1) is 10.6. The Morgan fingerprint density at radius 1 is 1.33 bits per heavy atom. The van der Waals surface area contributed by atoms with Gasteiger partial charge in [-0.15, -0.1) is 0 Å². The molecule has 0 atom stereocenters. The highest BCUT2D eigenvalue weighted by atomic mass is 16.1. The Morgan fingerprint density at radius 2 is 2.17 bits per heavy atom. The fourth-order valence-electron chi connectivity index (χ4n) is 2.17. The highest BCUT2D eigenvalue weighted by Crippen LogP contribution is 2.27. The maximum atomic E-state index is 11.9. The zero-order chi connectivity index (χ0) is 12.7. The van der Waals surface area contributed by atoms with E-state index in [1.165, 1.54) is 0 Å². The van der Waals surface area contributed by atoms with Gasteiger partial charge in [-0.2, -0.15) is 0 Å². The largest absolute Gasteiger partial charge is 0.384 e. The first-order valence-electron chi connectivity index (χ1n) is 5.59. The fourth-order valence-corrected chi connectivity index (χ4v) is 2.17. The lowest BCUT2D eigenvalue weighted by molar-refractivity contribution is 0.0965. The lowest BCUT2D eigenvalue weighted by atomic mass is 10.1. The summed E-state index contributed by atoms with van der Waals surface area (Å²) < 4.78 is 0. The van der Waals surface area contributed by atoms with Crippen molar-refractivity contribution in [3.8, 4) is 0 Å². The molecule has 2 aromatic heterocycles. The van der Waals surface area contributed by atoms with Gasteiger partial charge in [0.05, 0.1) is 0 Å². The Hall–Kier alpha value is -2.56. The third-order valence-corrected chi connectivity index (χ3v) is 2.98. The van der Waals surface area contributed by atoms with Crippen molar-refractivity contribution >= 4 is 33.7 Å². The van der Waals surface area contributed by atoms with Crippen LogP contribution in [0.4, 0.5) is 5.82 Å². The average Bonchev–Trinajstić information content (AvgIpc) is 2.74. The summed E-state index contributed by atoms with van der Waals surface area (Å²) in [6.07, 6.45) is 0. The first-order chi connectivity index (χ1) is 8.70. The molecule has 0 bridgehead atoms. The number of hydrogen-bond donors (Lipinski definition) is 3. The number of amides is 1. The summed E-state index contributed by atoms with van der Waals surface area (Å²) in [7, 11) is 1.62. The predicted molar refractivity (Wildman–Crippen MR) is 71.4 cm³/mol. The number of rotatable bonds is 1. The van der Waals surface area contributed by atoms with Crippen molar-refractivity contribution in [2.45, 2.75) is 0 Å². The van der Waals surface area contributed by atoms with E-state index in [0.717, 1.165) is 16.3 Å².